The molecule has 110 valence electrons. The third kappa shape index (κ3) is 4.61. The van der Waals surface area contributed by atoms with Crippen LogP contribution in [0.25, 0.3) is 0 Å². The molecule has 5 nitrogen and oxygen atoms in total. The van der Waals surface area contributed by atoms with Crippen LogP contribution >= 0.6 is 11.3 Å². The summed E-state index contributed by atoms with van der Waals surface area (Å²) in [5, 5.41) is 4.98. The quantitative estimate of drug-likeness (QED) is 0.807. The van der Waals surface area contributed by atoms with E-state index in [-0.39, 0.29) is 17.7 Å². The van der Waals surface area contributed by atoms with Crippen LogP contribution in [0, 0.1) is 5.92 Å². The van der Waals surface area contributed by atoms with Crippen LogP contribution in [0.4, 0.5) is 0 Å². The summed E-state index contributed by atoms with van der Waals surface area (Å²) in [4.78, 5) is 26.2. The maximum Gasteiger partial charge on any atom is 0.234 e. The van der Waals surface area contributed by atoms with Crippen molar-refractivity contribution in [2.24, 2.45) is 11.7 Å². The summed E-state index contributed by atoms with van der Waals surface area (Å²) in [6, 6.07) is 4.09. The fourth-order valence-electron chi connectivity index (χ4n) is 2.41. The molecule has 2 amide bonds. The summed E-state index contributed by atoms with van der Waals surface area (Å²) in [6.07, 6.45) is 2.41. The Hall–Kier alpha value is -1.40. The van der Waals surface area contributed by atoms with Crippen molar-refractivity contribution in [3.8, 4) is 0 Å². The van der Waals surface area contributed by atoms with E-state index in [4.69, 9.17) is 5.73 Å². The average molecular weight is 295 g/mol. The molecule has 0 unspecified atom stereocenters. The lowest BCUT2D eigenvalue weighted by molar-refractivity contribution is -0.124. The van der Waals surface area contributed by atoms with E-state index < -0.39 is 0 Å². The Morgan fingerprint density at radius 1 is 1.40 bits per heavy atom. The fraction of sp³-hybridized carbons (Fsp3) is 0.571. The Morgan fingerprint density at radius 3 is 2.75 bits per heavy atom. The van der Waals surface area contributed by atoms with Crippen molar-refractivity contribution >= 4 is 23.2 Å². The first-order valence-electron chi connectivity index (χ1n) is 6.96. The second-order valence-corrected chi connectivity index (χ2v) is 6.16. The lowest BCUT2D eigenvalue weighted by Crippen LogP contribution is -2.43. The molecule has 2 rings (SSSR count). The summed E-state index contributed by atoms with van der Waals surface area (Å²) < 4.78 is 0. The van der Waals surface area contributed by atoms with Gasteiger partial charge < -0.3 is 11.1 Å². The van der Waals surface area contributed by atoms with Gasteiger partial charge in [0.1, 0.15) is 0 Å². The number of nitrogens with zero attached hydrogens (tertiary/aromatic N) is 1. The van der Waals surface area contributed by atoms with E-state index in [9.17, 15) is 9.59 Å². The van der Waals surface area contributed by atoms with Crippen molar-refractivity contribution in [2.45, 2.75) is 19.3 Å². The topological polar surface area (TPSA) is 75.4 Å². The first kappa shape index (κ1) is 15.0. The Balaban J connectivity index is 1.61. The number of primary amides is 1. The van der Waals surface area contributed by atoms with E-state index >= 15 is 0 Å². The number of likely N-dealkylation sites (tertiary alicyclic amines) is 1. The van der Waals surface area contributed by atoms with Gasteiger partial charge in [0.2, 0.25) is 11.8 Å². The molecule has 0 aromatic carbocycles. The van der Waals surface area contributed by atoms with Crippen molar-refractivity contribution < 1.29 is 9.59 Å². The van der Waals surface area contributed by atoms with Crippen LogP contribution < -0.4 is 11.1 Å². The summed E-state index contributed by atoms with van der Waals surface area (Å²) >= 11 is 1.71. The lowest BCUT2D eigenvalue weighted by atomic mass is 9.96. The standard InChI is InChI=1S/C14H21N3O2S/c15-14(19)11-4-7-17(8-5-11)10-13(18)16-6-3-12-2-1-9-20-12/h1-2,9,11H,3-8,10H2,(H2,15,19)(H,16,18). The van der Waals surface area contributed by atoms with E-state index in [1.807, 2.05) is 11.4 Å². The Kier molecular flexibility index (Phi) is 5.55. The number of nitrogens with two attached hydrogens (primary N) is 1. The number of piperidine rings is 1. The Morgan fingerprint density at radius 2 is 2.15 bits per heavy atom. The second-order valence-electron chi connectivity index (χ2n) is 5.13. The predicted molar refractivity (Wildman–Crippen MR) is 79.4 cm³/mol. The van der Waals surface area contributed by atoms with Crippen LogP contribution in [0.1, 0.15) is 17.7 Å². The van der Waals surface area contributed by atoms with Gasteiger partial charge in [0.25, 0.3) is 0 Å². The van der Waals surface area contributed by atoms with Crippen molar-refractivity contribution in [3.05, 3.63) is 22.4 Å². The monoisotopic (exact) mass is 295 g/mol. The number of thiophene rings is 1. The third-order valence-corrected chi connectivity index (χ3v) is 4.57. The molecule has 0 aliphatic carbocycles. The molecule has 20 heavy (non-hydrogen) atoms. The van der Waals surface area contributed by atoms with Crippen LogP contribution in [-0.4, -0.2) is 42.9 Å². The van der Waals surface area contributed by atoms with Gasteiger partial charge >= 0.3 is 0 Å². The molecule has 0 spiro atoms. The SMILES string of the molecule is NC(=O)C1CCN(CC(=O)NCCc2cccs2)CC1. The molecule has 0 bridgehead atoms. The molecule has 1 aromatic heterocycles. The minimum Gasteiger partial charge on any atom is -0.369 e. The molecular formula is C14H21N3O2S. The normalized spacial score (nSPS) is 17.0. The molecule has 1 aromatic rings. The molecule has 1 saturated heterocycles. The highest BCUT2D eigenvalue weighted by Crippen LogP contribution is 2.16. The minimum absolute atomic E-state index is 0.0202. The highest BCUT2D eigenvalue weighted by Gasteiger charge is 2.23. The van der Waals surface area contributed by atoms with Gasteiger partial charge in [-0.2, -0.15) is 0 Å². The second kappa shape index (κ2) is 7.40. The highest BCUT2D eigenvalue weighted by molar-refractivity contribution is 7.09. The van der Waals surface area contributed by atoms with Crippen LogP contribution in [0.5, 0.6) is 0 Å². The lowest BCUT2D eigenvalue weighted by Gasteiger charge is -2.29. The van der Waals surface area contributed by atoms with E-state index in [0.717, 1.165) is 32.4 Å². The van der Waals surface area contributed by atoms with Gasteiger partial charge in [0.05, 0.1) is 6.54 Å². The number of hydrogen-bond donors (Lipinski definition) is 2. The van der Waals surface area contributed by atoms with E-state index in [2.05, 4.69) is 16.3 Å². The van der Waals surface area contributed by atoms with Crippen molar-refractivity contribution in [1.82, 2.24) is 10.2 Å². The van der Waals surface area contributed by atoms with Crippen molar-refractivity contribution in [1.29, 1.82) is 0 Å². The number of nitrogens with one attached hydrogen (secondary N) is 1. The minimum atomic E-state index is -0.218. The maximum atomic E-state index is 11.8. The molecule has 2 heterocycles. The van der Waals surface area contributed by atoms with Gasteiger partial charge in [-0.15, -0.1) is 11.3 Å². The first-order valence-corrected chi connectivity index (χ1v) is 7.84. The van der Waals surface area contributed by atoms with E-state index in [1.54, 1.807) is 11.3 Å². The molecular weight excluding hydrogens is 274 g/mol. The van der Waals surface area contributed by atoms with Crippen LogP contribution in [0.2, 0.25) is 0 Å². The largest absolute Gasteiger partial charge is 0.369 e. The number of carbonyl (C=O) groups is 2. The van der Waals surface area contributed by atoms with Gasteiger partial charge in [-0.3, -0.25) is 14.5 Å². The predicted octanol–water partition coefficient (Wildman–Crippen LogP) is 0.604. The smallest absolute Gasteiger partial charge is 0.234 e. The zero-order valence-corrected chi connectivity index (χ0v) is 12.3. The molecule has 0 atom stereocenters. The number of rotatable bonds is 6. The van der Waals surface area contributed by atoms with Crippen molar-refractivity contribution in [3.63, 3.8) is 0 Å². The molecule has 0 radical (unpaired) electrons. The fourth-order valence-corrected chi connectivity index (χ4v) is 3.12. The molecule has 1 aliphatic heterocycles. The molecule has 1 fully saturated rings. The summed E-state index contributed by atoms with van der Waals surface area (Å²) in [6.45, 7) is 2.63. The van der Waals surface area contributed by atoms with Gasteiger partial charge in [-0.1, -0.05) is 6.07 Å². The Labute approximate surface area is 123 Å². The maximum absolute atomic E-state index is 11.8. The summed E-state index contributed by atoms with van der Waals surface area (Å²) in [7, 11) is 0. The number of amides is 2. The van der Waals surface area contributed by atoms with Gasteiger partial charge in [-0.25, -0.2) is 0 Å². The van der Waals surface area contributed by atoms with Crippen molar-refractivity contribution in [2.75, 3.05) is 26.2 Å². The van der Waals surface area contributed by atoms with Crippen LogP contribution in [-0.2, 0) is 16.0 Å². The van der Waals surface area contributed by atoms with Crippen LogP contribution in [0.15, 0.2) is 17.5 Å². The van der Waals surface area contributed by atoms with Gasteiger partial charge in [0.15, 0.2) is 0 Å². The average Bonchev–Trinajstić information content (AvgIpc) is 2.92. The van der Waals surface area contributed by atoms with E-state index in [0.29, 0.717) is 13.1 Å². The Bertz CT molecular complexity index is 439. The highest BCUT2D eigenvalue weighted by atomic mass is 32.1. The molecule has 6 heteroatoms. The molecule has 0 saturated carbocycles. The number of carbonyl (C=O) groups excluding carboxylic acids is 2. The van der Waals surface area contributed by atoms with Crippen LogP contribution in [0.3, 0.4) is 0 Å². The first-order chi connectivity index (χ1) is 9.65. The zero-order chi connectivity index (χ0) is 14.4. The number of hydrogen-bond acceptors (Lipinski definition) is 4. The van der Waals surface area contributed by atoms with E-state index in [1.165, 1.54) is 4.88 Å². The third-order valence-electron chi connectivity index (χ3n) is 3.63. The molecule has 3 N–H and O–H groups in total. The van der Waals surface area contributed by atoms with Gasteiger partial charge in [0, 0.05) is 17.3 Å². The van der Waals surface area contributed by atoms with Gasteiger partial charge in [-0.05, 0) is 43.8 Å². The molecule has 1 aliphatic rings. The summed E-state index contributed by atoms with van der Waals surface area (Å²) in [5.41, 5.74) is 5.29. The summed E-state index contributed by atoms with van der Waals surface area (Å²) in [5.74, 6) is -0.183. The zero-order valence-electron chi connectivity index (χ0n) is 11.5.